The topological polar surface area (TPSA) is 108 Å². The highest BCUT2D eigenvalue weighted by molar-refractivity contribution is 5.98. The van der Waals surface area contributed by atoms with Crippen LogP contribution in [-0.4, -0.2) is 35.6 Å². The summed E-state index contributed by atoms with van der Waals surface area (Å²) >= 11 is 0. The van der Waals surface area contributed by atoms with Gasteiger partial charge in [-0.1, -0.05) is 0 Å². The van der Waals surface area contributed by atoms with Crippen LogP contribution >= 0.6 is 0 Å². The van der Waals surface area contributed by atoms with Gasteiger partial charge in [-0.05, 0) is 39.8 Å². The van der Waals surface area contributed by atoms with Crippen LogP contribution in [0.15, 0.2) is 18.2 Å². The van der Waals surface area contributed by atoms with Crippen molar-refractivity contribution in [1.29, 1.82) is 0 Å². The zero-order chi connectivity index (χ0) is 17.6. The number of benzene rings is 1. The predicted octanol–water partition coefficient (Wildman–Crippen LogP) is 2.06. The number of carbonyl (C=O) groups excluding carboxylic acids is 2. The van der Waals surface area contributed by atoms with Crippen molar-refractivity contribution in [3.63, 3.8) is 0 Å². The summed E-state index contributed by atoms with van der Waals surface area (Å²) in [5, 5.41) is 13.6. The van der Waals surface area contributed by atoms with E-state index in [1.165, 1.54) is 26.0 Å². The summed E-state index contributed by atoms with van der Waals surface area (Å²) in [6, 6.07) is 3.87. The normalized spacial score (nSPS) is 10.8. The number of nitro benzene ring substituents is 1. The number of nitro groups is 1. The van der Waals surface area contributed by atoms with Crippen LogP contribution in [0.4, 0.5) is 5.69 Å². The molecule has 8 nitrogen and oxygen atoms in total. The molecule has 23 heavy (non-hydrogen) atoms. The van der Waals surface area contributed by atoms with E-state index in [1.54, 1.807) is 13.8 Å². The summed E-state index contributed by atoms with van der Waals surface area (Å²) < 4.78 is 10.0. The van der Waals surface area contributed by atoms with Crippen LogP contribution in [0.25, 0.3) is 0 Å². The molecule has 1 aromatic rings. The Morgan fingerprint density at radius 2 is 1.91 bits per heavy atom. The molecule has 126 valence electrons. The quantitative estimate of drug-likeness (QED) is 0.467. The number of amides is 1. The van der Waals surface area contributed by atoms with Crippen LogP contribution < -0.4 is 10.1 Å². The number of nitrogens with one attached hydrogen (secondary N) is 1. The van der Waals surface area contributed by atoms with E-state index < -0.39 is 22.3 Å². The molecule has 0 bridgehead atoms. The summed E-state index contributed by atoms with van der Waals surface area (Å²) in [6.07, 6.45) is 0. The number of ether oxygens (including phenoxy) is 2. The minimum atomic E-state index is -1.25. The molecule has 0 aliphatic rings. The largest absolute Gasteiger partial charge is 0.487 e. The molecule has 0 saturated heterocycles. The monoisotopic (exact) mass is 324 g/mol. The minimum absolute atomic E-state index is 0.0533. The maximum atomic E-state index is 12.2. The maximum Gasteiger partial charge on any atom is 0.331 e. The molecule has 1 amide bonds. The first kappa shape index (κ1) is 18.4. The third-order valence-electron chi connectivity index (χ3n) is 2.93. The summed E-state index contributed by atoms with van der Waals surface area (Å²) in [7, 11) is 0. The number of hydrogen-bond acceptors (Lipinski definition) is 6. The Morgan fingerprint density at radius 1 is 1.26 bits per heavy atom. The molecule has 0 saturated carbocycles. The standard InChI is InChI=1S/C15H20N2O6/c1-5-22-12-8-7-10(9-11(12)17(20)21)13(18)16-15(3,4)14(19)23-6-2/h7-9H,5-6H2,1-4H3,(H,16,18). The van der Waals surface area contributed by atoms with Crippen LogP contribution in [0, 0.1) is 10.1 Å². The number of hydrogen-bond donors (Lipinski definition) is 1. The molecule has 0 aliphatic heterocycles. The van der Waals surface area contributed by atoms with Crippen molar-refractivity contribution < 1.29 is 24.0 Å². The molecule has 0 atom stereocenters. The van der Waals surface area contributed by atoms with Gasteiger partial charge in [0, 0.05) is 11.6 Å². The van der Waals surface area contributed by atoms with E-state index in [4.69, 9.17) is 9.47 Å². The predicted molar refractivity (Wildman–Crippen MR) is 82.4 cm³/mol. The highest BCUT2D eigenvalue weighted by Gasteiger charge is 2.32. The molecule has 1 aromatic carbocycles. The van der Waals surface area contributed by atoms with Gasteiger partial charge in [0.05, 0.1) is 18.1 Å². The van der Waals surface area contributed by atoms with Gasteiger partial charge in [0.2, 0.25) is 0 Å². The Morgan fingerprint density at radius 3 is 2.43 bits per heavy atom. The average molecular weight is 324 g/mol. The van der Waals surface area contributed by atoms with Gasteiger partial charge in [0.25, 0.3) is 5.91 Å². The molecule has 0 spiro atoms. The summed E-state index contributed by atoms with van der Waals surface area (Å²) in [5.74, 6) is -1.12. The van der Waals surface area contributed by atoms with Gasteiger partial charge in [0.15, 0.2) is 5.75 Å². The number of carbonyl (C=O) groups is 2. The second-order valence-corrected chi connectivity index (χ2v) is 5.17. The lowest BCUT2D eigenvalue weighted by molar-refractivity contribution is -0.385. The molecule has 1 N–H and O–H groups in total. The Bertz CT molecular complexity index is 612. The third kappa shape index (κ3) is 4.67. The van der Waals surface area contributed by atoms with E-state index in [9.17, 15) is 19.7 Å². The van der Waals surface area contributed by atoms with Crippen LogP contribution in [0.2, 0.25) is 0 Å². The lowest BCUT2D eigenvalue weighted by Crippen LogP contribution is -2.50. The second kappa shape index (κ2) is 7.57. The molecule has 0 aromatic heterocycles. The molecule has 0 heterocycles. The highest BCUT2D eigenvalue weighted by atomic mass is 16.6. The van der Waals surface area contributed by atoms with Gasteiger partial charge in [0.1, 0.15) is 5.54 Å². The zero-order valence-corrected chi connectivity index (χ0v) is 13.5. The Hall–Kier alpha value is -2.64. The Balaban J connectivity index is 3.02. The third-order valence-corrected chi connectivity index (χ3v) is 2.93. The van der Waals surface area contributed by atoms with Crippen LogP contribution in [0.5, 0.6) is 5.75 Å². The number of nitrogens with zero attached hydrogens (tertiary/aromatic N) is 1. The van der Waals surface area contributed by atoms with E-state index in [2.05, 4.69) is 5.32 Å². The van der Waals surface area contributed by atoms with Crippen molar-refractivity contribution in [1.82, 2.24) is 5.32 Å². The van der Waals surface area contributed by atoms with Gasteiger partial charge in [-0.2, -0.15) is 0 Å². The number of esters is 1. The summed E-state index contributed by atoms with van der Waals surface area (Å²) in [4.78, 5) is 34.5. The van der Waals surface area contributed by atoms with Gasteiger partial charge >= 0.3 is 11.7 Å². The fraction of sp³-hybridized carbons (Fsp3) is 0.467. The van der Waals surface area contributed by atoms with Crippen molar-refractivity contribution >= 4 is 17.6 Å². The minimum Gasteiger partial charge on any atom is -0.487 e. The van der Waals surface area contributed by atoms with Crippen molar-refractivity contribution in [2.75, 3.05) is 13.2 Å². The molecule has 0 aliphatic carbocycles. The fourth-order valence-corrected chi connectivity index (χ4v) is 1.80. The molecule has 0 fully saturated rings. The van der Waals surface area contributed by atoms with E-state index in [0.717, 1.165) is 6.07 Å². The van der Waals surface area contributed by atoms with E-state index in [-0.39, 0.29) is 30.2 Å². The van der Waals surface area contributed by atoms with E-state index >= 15 is 0 Å². The lowest BCUT2D eigenvalue weighted by atomic mass is 10.0. The van der Waals surface area contributed by atoms with Gasteiger partial charge in [-0.3, -0.25) is 14.9 Å². The van der Waals surface area contributed by atoms with Crippen molar-refractivity contribution in [2.45, 2.75) is 33.2 Å². The van der Waals surface area contributed by atoms with Crippen LogP contribution in [-0.2, 0) is 9.53 Å². The van der Waals surface area contributed by atoms with E-state index in [1.807, 2.05) is 0 Å². The van der Waals surface area contributed by atoms with Gasteiger partial charge in [-0.15, -0.1) is 0 Å². The fourth-order valence-electron chi connectivity index (χ4n) is 1.80. The molecular weight excluding hydrogens is 304 g/mol. The first-order valence-electron chi connectivity index (χ1n) is 7.13. The van der Waals surface area contributed by atoms with Crippen molar-refractivity contribution in [3.05, 3.63) is 33.9 Å². The zero-order valence-electron chi connectivity index (χ0n) is 13.5. The summed E-state index contributed by atoms with van der Waals surface area (Å²) in [6.45, 7) is 6.80. The average Bonchev–Trinajstić information content (AvgIpc) is 2.47. The molecule has 8 heteroatoms. The van der Waals surface area contributed by atoms with Crippen molar-refractivity contribution in [3.8, 4) is 5.75 Å². The van der Waals surface area contributed by atoms with Crippen LogP contribution in [0.1, 0.15) is 38.1 Å². The molecule has 1 rings (SSSR count). The summed E-state index contributed by atoms with van der Waals surface area (Å²) in [5.41, 5.74) is -1.51. The lowest BCUT2D eigenvalue weighted by Gasteiger charge is -2.23. The first-order valence-corrected chi connectivity index (χ1v) is 7.13. The maximum absolute atomic E-state index is 12.2. The van der Waals surface area contributed by atoms with Crippen LogP contribution in [0.3, 0.4) is 0 Å². The Labute approximate surface area is 133 Å². The SMILES string of the molecule is CCOC(=O)C(C)(C)NC(=O)c1ccc(OCC)c([N+](=O)[O-])c1. The second-order valence-electron chi connectivity index (χ2n) is 5.17. The highest BCUT2D eigenvalue weighted by Crippen LogP contribution is 2.28. The van der Waals surface area contributed by atoms with Crippen molar-refractivity contribution in [2.24, 2.45) is 0 Å². The van der Waals surface area contributed by atoms with E-state index in [0.29, 0.717) is 0 Å². The van der Waals surface area contributed by atoms with Gasteiger partial charge in [-0.25, -0.2) is 4.79 Å². The molecule has 0 radical (unpaired) electrons. The first-order chi connectivity index (χ1) is 10.7. The Kier molecular flexibility index (Phi) is 6.06. The smallest absolute Gasteiger partial charge is 0.331 e. The molecule has 0 unspecified atom stereocenters. The molecular formula is C15H20N2O6. The van der Waals surface area contributed by atoms with Gasteiger partial charge < -0.3 is 14.8 Å². The number of rotatable bonds is 7.